The molecule has 0 aliphatic rings. The number of rotatable bonds is 6. The molecule has 1 aromatic carbocycles. The number of nitrogens with zero attached hydrogens (tertiary/aromatic N) is 2. The van der Waals surface area contributed by atoms with Crippen molar-refractivity contribution in [1.82, 2.24) is 10.2 Å². The van der Waals surface area contributed by atoms with Crippen LogP contribution in [0.3, 0.4) is 0 Å². The molecule has 0 radical (unpaired) electrons. The molecule has 1 unspecified atom stereocenters. The lowest BCUT2D eigenvalue weighted by molar-refractivity contribution is -0.135. The summed E-state index contributed by atoms with van der Waals surface area (Å²) in [7, 11) is 3.84. The van der Waals surface area contributed by atoms with Gasteiger partial charge in [0, 0.05) is 18.3 Å². The first-order valence-electron chi connectivity index (χ1n) is 6.81. The van der Waals surface area contributed by atoms with E-state index in [2.05, 4.69) is 5.32 Å². The highest BCUT2D eigenvalue weighted by molar-refractivity contribution is 5.96. The van der Waals surface area contributed by atoms with Gasteiger partial charge < -0.3 is 15.3 Å². The maximum absolute atomic E-state index is 12.2. The van der Waals surface area contributed by atoms with Crippen LogP contribution in [0.4, 0.5) is 10.5 Å². The lowest BCUT2D eigenvalue weighted by atomic mass is 10.2. The summed E-state index contributed by atoms with van der Waals surface area (Å²) < 4.78 is 0. The molecule has 6 nitrogen and oxygen atoms in total. The van der Waals surface area contributed by atoms with Crippen LogP contribution in [0.15, 0.2) is 24.3 Å². The minimum absolute atomic E-state index is 0.165. The molecule has 0 fully saturated rings. The SMILES string of the molecule is Cc1ccc(N(CC(=O)O)C(=O)NCC(C)N(C)C)cc1. The molecule has 1 atom stereocenters. The van der Waals surface area contributed by atoms with Gasteiger partial charge in [0.2, 0.25) is 0 Å². The van der Waals surface area contributed by atoms with Crippen molar-refractivity contribution in [3.8, 4) is 0 Å². The van der Waals surface area contributed by atoms with E-state index < -0.39 is 12.0 Å². The summed E-state index contributed by atoms with van der Waals surface area (Å²) in [6.07, 6.45) is 0. The molecule has 2 amide bonds. The molecule has 1 aromatic rings. The Balaban J connectivity index is 2.79. The zero-order valence-corrected chi connectivity index (χ0v) is 13.0. The molecule has 0 bridgehead atoms. The second-order valence-electron chi connectivity index (χ2n) is 5.31. The third-order valence-electron chi connectivity index (χ3n) is 3.31. The van der Waals surface area contributed by atoms with E-state index in [1.807, 2.05) is 45.0 Å². The van der Waals surface area contributed by atoms with Crippen LogP contribution in [0, 0.1) is 6.92 Å². The van der Waals surface area contributed by atoms with Crippen LogP contribution in [0.25, 0.3) is 0 Å². The number of anilines is 1. The average Bonchev–Trinajstić information content (AvgIpc) is 2.42. The molecule has 21 heavy (non-hydrogen) atoms. The highest BCUT2D eigenvalue weighted by atomic mass is 16.4. The van der Waals surface area contributed by atoms with Gasteiger partial charge in [-0.1, -0.05) is 17.7 Å². The summed E-state index contributed by atoms with van der Waals surface area (Å²) >= 11 is 0. The van der Waals surface area contributed by atoms with Gasteiger partial charge >= 0.3 is 12.0 Å². The number of likely N-dealkylation sites (N-methyl/N-ethyl adjacent to an activating group) is 1. The van der Waals surface area contributed by atoms with Gasteiger partial charge in [-0.15, -0.1) is 0 Å². The number of carboxylic acids is 1. The molecule has 0 heterocycles. The highest BCUT2D eigenvalue weighted by Gasteiger charge is 2.19. The van der Waals surface area contributed by atoms with Crippen LogP contribution >= 0.6 is 0 Å². The van der Waals surface area contributed by atoms with Crippen molar-refractivity contribution in [3.05, 3.63) is 29.8 Å². The number of nitrogens with one attached hydrogen (secondary N) is 1. The van der Waals surface area contributed by atoms with E-state index in [0.29, 0.717) is 12.2 Å². The minimum atomic E-state index is -1.05. The summed E-state index contributed by atoms with van der Waals surface area (Å²) in [5, 5.41) is 11.7. The average molecular weight is 293 g/mol. The maximum atomic E-state index is 12.2. The Labute approximate surface area is 125 Å². The lowest BCUT2D eigenvalue weighted by Gasteiger charge is -2.24. The molecule has 0 aliphatic carbocycles. The number of urea groups is 1. The molecule has 0 saturated heterocycles. The third kappa shape index (κ3) is 5.43. The van der Waals surface area contributed by atoms with E-state index in [1.165, 1.54) is 4.90 Å². The fourth-order valence-electron chi connectivity index (χ4n) is 1.65. The summed E-state index contributed by atoms with van der Waals surface area (Å²) in [6.45, 7) is 4.00. The standard InChI is InChI=1S/C15H23N3O3/c1-11-5-7-13(8-6-11)18(10-14(19)20)15(21)16-9-12(2)17(3)4/h5-8,12H,9-10H2,1-4H3,(H,16,21)(H,19,20). The molecule has 0 aromatic heterocycles. The Hall–Kier alpha value is -2.08. The van der Waals surface area contributed by atoms with Gasteiger partial charge in [-0.25, -0.2) is 4.79 Å². The number of aliphatic carboxylic acids is 1. The van der Waals surface area contributed by atoms with Gasteiger partial charge in [0.15, 0.2) is 0 Å². The number of amides is 2. The Kier molecular flexibility index (Phi) is 6.17. The second-order valence-corrected chi connectivity index (χ2v) is 5.31. The third-order valence-corrected chi connectivity index (χ3v) is 3.31. The summed E-state index contributed by atoms with van der Waals surface area (Å²) in [4.78, 5) is 26.4. The molecule has 1 rings (SSSR count). The van der Waals surface area contributed by atoms with E-state index in [-0.39, 0.29) is 12.6 Å². The number of hydrogen-bond acceptors (Lipinski definition) is 3. The van der Waals surface area contributed by atoms with E-state index in [9.17, 15) is 9.59 Å². The predicted molar refractivity (Wildman–Crippen MR) is 82.7 cm³/mol. The molecular weight excluding hydrogens is 270 g/mol. The molecule has 0 spiro atoms. The van der Waals surface area contributed by atoms with Crippen LogP contribution in [0.5, 0.6) is 0 Å². The van der Waals surface area contributed by atoms with Gasteiger partial charge in [-0.3, -0.25) is 9.69 Å². The van der Waals surface area contributed by atoms with Crippen molar-refractivity contribution in [2.45, 2.75) is 19.9 Å². The Morgan fingerprint density at radius 2 is 1.81 bits per heavy atom. The maximum Gasteiger partial charge on any atom is 0.323 e. The number of benzene rings is 1. The van der Waals surface area contributed by atoms with Crippen molar-refractivity contribution in [1.29, 1.82) is 0 Å². The van der Waals surface area contributed by atoms with Crippen molar-refractivity contribution < 1.29 is 14.7 Å². The number of carbonyl (C=O) groups is 2. The van der Waals surface area contributed by atoms with E-state index in [1.54, 1.807) is 12.1 Å². The zero-order chi connectivity index (χ0) is 16.0. The monoisotopic (exact) mass is 293 g/mol. The van der Waals surface area contributed by atoms with Crippen molar-refractivity contribution in [2.75, 3.05) is 32.1 Å². The number of hydrogen-bond donors (Lipinski definition) is 2. The molecule has 6 heteroatoms. The van der Waals surface area contributed by atoms with Crippen molar-refractivity contribution in [2.24, 2.45) is 0 Å². The molecular formula is C15H23N3O3. The first-order chi connectivity index (χ1) is 9.81. The van der Waals surface area contributed by atoms with Gasteiger partial charge in [0.25, 0.3) is 0 Å². The molecule has 0 saturated carbocycles. The minimum Gasteiger partial charge on any atom is -0.480 e. The smallest absolute Gasteiger partial charge is 0.323 e. The quantitative estimate of drug-likeness (QED) is 0.834. The predicted octanol–water partition coefficient (Wildman–Crippen LogP) is 1.55. The van der Waals surface area contributed by atoms with Crippen LogP contribution < -0.4 is 10.2 Å². The van der Waals surface area contributed by atoms with E-state index in [0.717, 1.165) is 5.56 Å². The van der Waals surface area contributed by atoms with Gasteiger partial charge in [0.05, 0.1) is 0 Å². The van der Waals surface area contributed by atoms with Crippen LogP contribution in [-0.2, 0) is 4.79 Å². The number of aryl methyl sites for hydroxylation is 1. The zero-order valence-electron chi connectivity index (χ0n) is 13.0. The van der Waals surface area contributed by atoms with Crippen molar-refractivity contribution in [3.63, 3.8) is 0 Å². The molecule has 0 aliphatic heterocycles. The van der Waals surface area contributed by atoms with Crippen LogP contribution in [0.2, 0.25) is 0 Å². The molecule has 2 N–H and O–H groups in total. The van der Waals surface area contributed by atoms with Gasteiger partial charge in [-0.2, -0.15) is 0 Å². The Morgan fingerprint density at radius 3 is 2.29 bits per heavy atom. The van der Waals surface area contributed by atoms with Crippen molar-refractivity contribution >= 4 is 17.7 Å². The normalized spacial score (nSPS) is 12.0. The highest BCUT2D eigenvalue weighted by Crippen LogP contribution is 2.15. The Bertz CT molecular complexity index is 485. The Morgan fingerprint density at radius 1 is 1.24 bits per heavy atom. The van der Waals surface area contributed by atoms with Crippen LogP contribution in [-0.4, -0.2) is 55.2 Å². The topological polar surface area (TPSA) is 72.9 Å². The summed E-state index contributed by atoms with van der Waals surface area (Å²) in [5.74, 6) is -1.05. The molecule has 116 valence electrons. The summed E-state index contributed by atoms with van der Waals surface area (Å²) in [5.41, 5.74) is 1.62. The number of carbonyl (C=O) groups excluding carboxylic acids is 1. The van der Waals surface area contributed by atoms with Gasteiger partial charge in [0.1, 0.15) is 6.54 Å². The number of carboxylic acid groups (broad SMARTS) is 1. The lowest BCUT2D eigenvalue weighted by Crippen LogP contribution is -2.47. The van der Waals surface area contributed by atoms with E-state index >= 15 is 0 Å². The fourth-order valence-corrected chi connectivity index (χ4v) is 1.65. The second kappa shape index (κ2) is 7.64. The largest absolute Gasteiger partial charge is 0.480 e. The summed E-state index contributed by atoms with van der Waals surface area (Å²) in [6, 6.07) is 6.94. The fraction of sp³-hybridized carbons (Fsp3) is 0.467. The van der Waals surface area contributed by atoms with Crippen LogP contribution in [0.1, 0.15) is 12.5 Å². The van der Waals surface area contributed by atoms with Gasteiger partial charge in [-0.05, 0) is 40.1 Å². The van der Waals surface area contributed by atoms with E-state index in [4.69, 9.17) is 5.11 Å². The first-order valence-corrected chi connectivity index (χ1v) is 6.81. The first kappa shape index (κ1) is 17.0.